The van der Waals surface area contributed by atoms with Gasteiger partial charge in [0.2, 0.25) is 12.4 Å². The van der Waals surface area contributed by atoms with Crippen molar-refractivity contribution in [2.24, 2.45) is 0 Å². The van der Waals surface area contributed by atoms with Crippen LogP contribution in [-0.4, -0.2) is 57.6 Å². The number of halogens is 2. The zero-order valence-electron chi connectivity index (χ0n) is 16.1. The molecule has 31 heavy (non-hydrogen) atoms. The number of alkyl halides is 2. The lowest BCUT2D eigenvalue weighted by molar-refractivity contribution is -0.183. The van der Waals surface area contributed by atoms with Crippen LogP contribution >= 0.6 is 0 Å². The third-order valence-electron chi connectivity index (χ3n) is 4.22. The molecule has 0 amide bonds. The van der Waals surface area contributed by atoms with Gasteiger partial charge in [0, 0.05) is 0 Å². The number of ether oxygens (including phenoxy) is 3. The average Bonchev–Trinajstić information content (AvgIpc) is 2.95. The van der Waals surface area contributed by atoms with Gasteiger partial charge in [-0.25, -0.2) is 13.8 Å². The van der Waals surface area contributed by atoms with Gasteiger partial charge < -0.3 is 14.2 Å². The van der Waals surface area contributed by atoms with Crippen LogP contribution < -0.4 is 0 Å². The van der Waals surface area contributed by atoms with Crippen LogP contribution in [0.1, 0.15) is 20.7 Å². The predicted octanol–water partition coefficient (Wildman–Crippen LogP) is 2.41. The van der Waals surface area contributed by atoms with Crippen molar-refractivity contribution in [3.63, 3.8) is 0 Å². The van der Waals surface area contributed by atoms with E-state index in [0.29, 0.717) is 6.26 Å². The molecule has 8 nitrogen and oxygen atoms in total. The topological polar surface area (TPSA) is 105 Å². The van der Waals surface area contributed by atoms with Crippen molar-refractivity contribution in [2.75, 3.05) is 12.9 Å². The molecule has 11 heteroatoms. The standard InChI is InChI=1S/C20H18F2O8S/c1-31(25,26)30-19-20(21,22)16(29-18(24)14-10-6-3-7-11-14)15(28-19)12-27-17(23)13-8-4-2-5-9-13/h2-11,15-16,19H,12H2,1H3/t15-,16-,19+/m0/s1. The molecule has 1 aliphatic rings. The lowest BCUT2D eigenvalue weighted by Crippen LogP contribution is -2.45. The Labute approximate surface area is 176 Å². The van der Waals surface area contributed by atoms with Gasteiger partial charge in [-0.15, -0.1) is 0 Å². The molecule has 1 aliphatic heterocycles. The third-order valence-corrected chi connectivity index (χ3v) is 4.75. The molecule has 0 spiro atoms. The Morgan fingerprint density at radius 2 is 1.48 bits per heavy atom. The fourth-order valence-electron chi connectivity index (χ4n) is 2.80. The van der Waals surface area contributed by atoms with Crippen molar-refractivity contribution in [1.29, 1.82) is 0 Å². The number of esters is 2. The summed E-state index contributed by atoms with van der Waals surface area (Å²) in [5.41, 5.74) is 0.153. The Morgan fingerprint density at radius 3 is 2.00 bits per heavy atom. The second-order valence-electron chi connectivity index (χ2n) is 6.64. The van der Waals surface area contributed by atoms with Crippen LogP contribution in [0.15, 0.2) is 60.7 Å². The number of benzene rings is 2. The number of carbonyl (C=O) groups excluding carboxylic acids is 2. The summed E-state index contributed by atoms with van der Waals surface area (Å²) in [6.07, 6.45) is -5.94. The predicted molar refractivity (Wildman–Crippen MR) is 102 cm³/mol. The Kier molecular flexibility index (Phi) is 6.68. The number of rotatable bonds is 7. The summed E-state index contributed by atoms with van der Waals surface area (Å²) in [4.78, 5) is 24.4. The van der Waals surface area contributed by atoms with Gasteiger partial charge in [-0.2, -0.15) is 17.2 Å². The summed E-state index contributed by atoms with van der Waals surface area (Å²) in [6, 6.07) is 15.1. The molecule has 3 rings (SSSR count). The molecule has 1 fully saturated rings. The van der Waals surface area contributed by atoms with E-state index in [1.807, 2.05) is 0 Å². The van der Waals surface area contributed by atoms with Gasteiger partial charge in [0.05, 0.1) is 17.4 Å². The molecule has 1 saturated heterocycles. The van der Waals surface area contributed by atoms with Crippen LogP contribution in [0.4, 0.5) is 8.78 Å². The number of hydrogen-bond acceptors (Lipinski definition) is 8. The van der Waals surface area contributed by atoms with E-state index in [2.05, 4.69) is 4.18 Å². The summed E-state index contributed by atoms with van der Waals surface area (Å²) in [5.74, 6) is -5.96. The molecule has 166 valence electrons. The van der Waals surface area contributed by atoms with Crippen molar-refractivity contribution in [3.05, 3.63) is 71.8 Å². The van der Waals surface area contributed by atoms with E-state index >= 15 is 0 Å². The molecule has 0 radical (unpaired) electrons. The van der Waals surface area contributed by atoms with Gasteiger partial charge in [0.25, 0.3) is 10.1 Å². The van der Waals surface area contributed by atoms with Crippen LogP contribution in [0.5, 0.6) is 0 Å². The summed E-state index contributed by atoms with van der Waals surface area (Å²) in [5, 5.41) is 0. The third kappa shape index (κ3) is 5.63. The molecule has 0 aliphatic carbocycles. The minimum Gasteiger partial charge on any atom is -0.459 e. The second-order valence-corrected chi connectivity index (χ2v) is 8.24. The Hall–Kier alpha value is -2.89. The molecule has 1 heterocycles. The van der Waals surface area contributed by atoms with E-state index in [-0.39, 0.29) is 11.1 Å². The first-order valence-electron chi connectivity index (χ1n) is 8.97. The molecular formula is C20H18F2O8S. The largest absolute Gasteiger partial charge is 0.459 e. The van der Waals surface area contributed by atoms with Crippen molar-refractivity contribution in [1.82, 2.24) is 0 Å². The highest BCUT2D eigenvalue weighted by Crippen LogP contribution is 2.40. The van der Waals surface area contributed by atoms with Crippen molar-refractivity contribution in [3.8, 4) is 0 Å². The fraction of sp³-hybridized carbons (Fsp3) is 0.300. The van der Waals surface area contributed by atoms with Crippen molar-refractivity contribution < 1.29 is 45.2 Å². The van der Waals surface area contributed by atoms with Gasteiger partial charge in [0.15, 0.2) is 0 Å². The molecule has 0 N–H and O–H groups in total. The first-order valence-corrected chi connectivity index (χ1v) is 10.8. The van der Waals surface area contributed by atoms with E-state index in [0.717, 1.165) is 0 Å². The maximum Gasteiger partial charge on any atom is 0.338 e. The van der Waals surface area contributed by atoms with Crippen molar-refractivity contribution >= 4 is 22.1 Å². The lowest BCUT2D eigenvalue weighted by Gasteiger charge is -2.23. The zero-order valence-corrected chi connectivity index (χ0v) is 17.0. The summed E-state index contributed by atoms with van der Waals surface area (Å²) >= 11 is 0. The normalized spacial score (nSPS) is 22.6. The van der Waals surface area contributed by atoms with Crippen LogP contribution in [0.25, 0.3) is 0 Å². The molecule has 0 aromatic heterocycles. The highest BCUT2D eigenvalue weighted by Gasteiger charge is 2.63. The molecule has 3 atom stereocenters. The molecule has 2 aromatic rings. The number of hydrogen-bond donors (Lipinski definition) is 0. The van der Waals surface area contributed by atoms with Gasteiger partial charge in [-0.05, 0) is 24.3 Å². The first kappa shape index (κ1) is 22.8. The maximum atomic E-state index is 14.8. The second kappa shape index (κ2) is 9.08. The van der Waals surface area contributed by atoms with E-state index in [1.165, 1.54) is 36.4 Å². The van der Waals surface area contributed by atoms with Crippen molar-refractivity contribution in [2.45, 2.75) is 24.4 Å². The summed E-state index contributed by atoms with van der Waals surface area (Å²) < 4.78 is 71.6. The summed E-state index contributed by atoms with van der Waals surface area (Å²) in [7, 11) is -4.33. The first-order chi connectivity index (χ1) is 14.6. The minimum atomic E-state index is -4.33. The number of carbonyl (C=O) groups is 2. The molecule has 0 saturated carbocycles. The highest BCUT2D eigenvalue weighted by atomic mass is 32.2. The maximum absolute atomic E-state index is 14.8. The molecular weight excluding hydrogens is 438 g/mol. The Balaban J connectivity index is 1.79. The van der Waals surface area contributed by atoms with Crippen LogP contribution in [0.2, 0.25) is 0 Å². The molecule has 0 bridgehead atoms. The monoisotopic (exact) mass is 456 g/mol. The SMILES string of the molecule is CS(=O)(=O)O[C@H]1O[C@@H](COC(=O)c2ccccc2)[C@H](OC(=O)c2ccccc2)C1(F)F. The smallest absolute Gasteiger partial charge is 0.338 e. The molecule has 0 unspecified atom stereocenters. The Morgan fingerprint density at radius 1 is 0.968 bits per heavy atom. The quantitative estimate of drug-likeness (QED) is 0.462. The Bertz CT molecular complexity index is 1030. The van der Waals surface area contributed by atoms with Crippen LogP contribution in [-0.2, 0) is 28.5 Å². The van der Waals surface area contributed by atoms with Gasteiger partial charge in [-0.1, -0.05) is 36.4 Å². The van der Waals surface area contributed by atoms with Crippen LogP contribution in [0.3, 0.4) is 0 Å². The molecule has 2 aromatic carbocycles. The van der Waals surface area contributed by atoms with Gasteiger partial charge in [-0.3, -0.25) is 0 Å². The van der Waals surface area contributed by atoms with Gasteiger partial charge >= 0.3 is 17.9 Å². The zero-order chi connectivity index (χ0) is 22.6. The minimum absolute atomic E-state index is 0.00851. The van der Waals surface area contributed by atoms with Gasteiger partial charge in [0.1, 0.15) is 12.7 Å². The highest BCUT2D eigenvalue weighted by molar-refractivity contribution is 7.86. The van der Waals surface area contributed by atoms with E-state index in [9.17, 15) is 26.8 Å². The van der Waals surface area contributed by atoms with E-state index in [1.54, 1.807) is 24.3 Å². The van der Waals surface area contributed by atoms with E-state index < -0.39 is 53.1 Å². The fourth-order valence-corrected chi connectivity index (χ4v) is 3.29. The average molecular weight is 456 g/mol. The summed E-state index contributed by atoms with van der Waals surface area (Å²) in [6.45, 7) is -0.736. The van der Waals surface area contributed by atoms with E-state index in [4.69, 9.17) is 14.2 Å². The van der Waals surface area contributed by atoms with Crippen LogP contribution in [0, 0.1) is 0 Å². The lowest BCUT2D eigenvalue weighted by atomic mass is 10.1.